The van der Waals surface area contributed by atoms with Crippen LogP contribution < -0.4 is 0 Å². The van der Waals surface area contributed by atoms with Crippen LogP contribution in [0.5, 0.6) is 0 Å². The number of nitrogens with zero attached hydrogens (tertiary/aromatic N) is 5. The lowest BCUT2D eigenvalue weighted by Crippen LogP contribution is -2.34. The van der Waals surface area contributed by atoms with Gasteiger partial charge in [0, 0.05) is 37.9 Å². The summed E-state index contributed by atoms with van der Waals surface area (Å²) >= 11 is 0. The van der Waals surface area contributed by atoms with E-state index in [4.69, 9.17) is 4.42 Å². The summed E-state index contributed by atoms with van der Waals surface area (Å²) in [7, 11) is 0. The number of hydrogen-bond acceptors (Lipinski definition) is 6. The lowest BCUT2D eigenvalue weighted by molar-refractivity contribution is 0.186. The van der Waals surface area contributed by atoms with Gasteiger partial charge in [0.05, 0.1) is 11.5 Å². The number of hydrogen-bond donors (Lipinski definition) is 0. The van der Waals surface area contributed by atoms with Crippen LogP contribution in [0.2, 0.25) is 0 Å². The van der Waals surface area contributed by atoms with Gasteiger partial charge in [0.15, 0.2) is 0 Å². The highest BCUT2D eigenvalue weighted by Gasteiger charge is 2.26. The Hall–Kier alpha value is -2.60. The second-order valence-corrected chi connectivity index (χ2v) is 6.12. The Morgan fingerprint density at radius 1 is 1.08 bits per heavy atom. The van der Waals surface area contributed by atoms with E-state index in [9.17, 15) is 0 Å². The van der Waals surface area contributed by atoms with Crippen LogP contribution in [0.1, 0.15) is 30.2 Å². The minimum atomic E-state index is 0.286. The van der Waals surface area contributed by atoms with Crippen molar-refractivity contribution in [2.45, 2.75) is 25.3 Å². The molecule has 0 N–H and O–H groups in total. The van der Waals surface area contributed by atoms with E-state index in [1.807, 2.05) is 24.4 Å². The number of pyridine rings is 2. The van der Waals surface area contributed by atoms with E-state index in [0.29, 0.717) is 5.89 Å². The first-order chi connectivity index (χ1) is 11.9. The van der Waals surface area contributed by atoms with Crippen LogP contribution in [-0.2, 0) is 6.54 Å². The van der Waals surface area contributed by atoms with Crippen LogP contribution in [0.15, 0.2) is 53.5 Å². The van der Waals surface area contributed by atoms with Gasteiger partial charge in [-0.05, 0) is 43.1 Å². The first kappa shape index (κ1) is 15.0. The molecule has 1 fully saturated rings. The van der Waals surface area contributed by atoms with Crippen LogP contribution in [0.4, 0.5) is 0 Å². The molecule has 1 saturated heterocycles. The van der Waals surface area contributed by atoms with Crippen LogP contribution in [0.25, 0.3) is 11.5 Å². The summed E-state index contributed by atoms with van der Waals surface area (Å²) in [6.07, 6.45) is 9.43. The number of likely N-dealkylation sites (tertiary alicyclic amines) is 1. The van der Waals surface area contributed by atoms with Crippen molar-refractivity contribution < 1.29 is 4.42 Å². The molecule has 24 heavy (non-hydrogen) atoms. The SMILES string of the molecule is c1cncc(CN2CCC[C@@H](c3nnc(-c4cccnc4)o3)C2)c1. The van der Waals surface area contributed by atoms with Gasteiger partial charge in [-0.15, -0.1) is 10.2 Å². The van der Waals surface area contributed by atoms with Crippen molar-refractivity contribution in [3.63, 3.8) is 0 Å². The minimum Gasteiger partial charge on any atom is -0.420 e. The highest BCUT2D eigenvalue weighted by atomic mass is 16.4. The molecule has 3 aromatic rings. The van der Waals surface area contributed by atoms with E-state index >= 15 is 0 Å². The molecule has 1 aliphatic heterocycles. The maximum Gasteiger partial charge on any atom is 0.249 e. The predicted molar refractivity (Wildman–Crippen MR) is 89.0 cm³/mol. The van der Waals surface area contributed by atoms with Gasteiger partial charge in [0.2, 0.25) is 11.8 Å². The zero-order valence-corrected chi connectivity index (χ0v) is 13.4. The average molecular weight is 321 g/mol. The standard InChI is InChI=1S/C18H19N5O/c1-4-14(10-19-7-1)12-23-9-3-6-16(13-23)18-22-21-17(24-18)15-5-2-8-20-11-15/h1-2,4-5,7-8,10-11,16H,3,6,9,12-13H2/t16-/m1/s1. The van der Waals surface area contributed by atoms with Gasteiger partial charge in [0.25, 0.3) is 0 Å². The fourth-order valence-electron chi connectivity index (χ4n) is 3.16. The maximum absolute atomic E-state index is 5.91. The van der Waals surface area contributed by atoms with Gasteiger partial charge in [-0.25, -0.2) is 0 Å². The molecule has 3 aromatic heterocycles. The summed E-state index contributed by atoms with van der Waals surface area (Å²) in [6.45, 7) is 2.94. The summed E-state index contributed by atoms with van der Waals surface area (Å²) in [5, 5.41) is 8.46. The van der Waals surface area contributed by atoms with E-state index in [-0.39, 0.29) is 5.92 Å². The molecule has 0 saturated carbocycles. The number of aromatic nitrogens is 4. The largest absolute Gasteiger partial charge is 0.420 e. The second-order valence-electron chi connectivity index (χ2n) is 6.12. The van der Waals surface area contributed by atoms with Crippen LogP contribution in [0, 0.1) is 0 Å². The van der Waals surface area contributed by atoms with Crippen LogP contribution in [-0.4, -0.2) is 38.2 Å². The quantitative estimate of drug-likeness (QED) is 0.736. The fraction of sp³-hybridized carbons (Fsp3) is 0.333. The van der Waals surface area contributed by atoms with E-state index in [1.54, 1.807) is 18.6 Å². The van der Waals surface area contributed by atoms with Gasteiger partial charge in [-0.3, -0.25) is 14.9 Å². The van der Waals surface area contributed by atoms with Gasteiger partial charge in [-0.2, -0.15) is 0 Å². The lowest BCUT2D eigenvalue weighted by atomic mass is 9.97. The Bertz CT molecular complexity index is 774. The molecule has 0 spiro atoms. The monoisotopic (exact) mass is 321 g/mol. The van der Waals surface area contributed by atoms with Gasteiger partial charge in [0.1, 0.15) is 0 Å². The molecule has 0 unspecified atom stereocenters. The molecule has 1 aliphatic rings. The molecule has 0 bridgehead atoms. The lowest BCUT2D eigenvalue weighted by Gasteiger charge is -2.30. The third-order valence-electron chi connectivity index (χ3n) is 4.33. The molecule has 4 heterocycles. The summed E-state index contributed by atoms with van der Waals surface area (Å²) in [6, 6.07) is 7.90. The average Bonchev–Trinajstić information content (AvgIpc) is 3.14. The maximum atomic E-state index is 5.91. The van der Waals surface area contributed by atoms with E-state index in [2.05, 4.69) is 31.1 Å². The highest BCUT2D eigenvalue weighted by molar-refractivity contribution is 5.50. The topological polar surface area (TPSA) is 67.9 Å². The van der Waals surface area contributed by atoms with E-state index in [1.165, 1.54) is 5.56 Å². The Kier molecular flexibility index (Phi) is 4.29. The molecule has 6 nitrogen and oxygen atoms in total. The van der Waals surface area contributed by atoms with Crippen molar-refractivity contribution in [3.8, 4) is 11.5 Å². The molecule has 6 heteroatoms. The normalized spacial score (nSPS) is 18.6. The summed E-state index contributed by atoms with van der Waals surface area (Å²) in [5.41, 5.74) is 2.10. The molecule has 0 aliphatic carbocycles. The first-order valence-electron chi connectivity index (χ1n) is 8.23. The van der Waals surface area contributed by atoms with Crippen LogP contribution in [0.3, 0.4) is 0 Å². The Morgan fingerprint density at radius 3 is 2.75 bits per heavy atom. The van der Waals surface area contributed by atoms with Crippen LogP contribution >= 0.6 is 0 Å². The second kappa shape index (κ2) is 6.88. The van der Waals surface area contributed by atoms with Gasteiger partial charge in [-0.1, -0.05) is 6.07 Å². The van der Waals surface area contributed by atoms with Crippen molar-refractivity contribution >= 4 is 0 Å². The summed E-state index contributed by atoms with van der Waals surface area (Å²) in [5.74, 6) is 1.56. The highest BCUT2D eigenvalue weighted by Crippen LogP contribution is 2.28. The van der Waals surface area contributed by atoms with Crippen molar-refractivity contribution in [1.82, 2.24) is 25.1 Å². The summed E-state index contributed by atoms with van der Waals surface area (Å²) < 4.78 is 5.91. The Balaban J connectivity index is 1.45. The third kappa shape index (κ3) is 3.33. The third-order valence-corrected chi connectivity index (χ3v) is 4.33. The van der Waals surface area contributed by atoms with Gasteiger partial charge >= 0.3 is 0 Å². The molecule has 4 rings (SSSR count). The summed E-state index contributed by atoms with van der Waals surface area (Å²) in [4.78, 5) is 10.7. The van der Waals surface area contributed by atoms with E-state index < -0.39 is 0 Å². The molecule has 0 amide bonds. The number of piperidine rings is 1. The zero-order valence-electron chi connectivity index (χ0n) is 13.4. The molecule has 0 aromatic carbocycles. The van der Waals surface area contributed by atoms with Crippen molar-refractivity contribution in [3.05, 3.63) is 60.5 Å². The fourth-order valence-corrected chi connectivity index (χ4v) is 3.16. The molecule has 1 atom stereocenters. The van der Waals surface area contributed by atoms with Crippen molar-refractivity contribution in [1.29, 1.82) is 0 Å². The minimum absolute atomic E-state index is 0.286. The first-order valence-corrected chi connectivity index (χ1v) is 8.23. The Morgan fingerprint density at radius 2 is 1.96 bits per heavy atom. The zero-order chi connectivity index (χ0) is 16.2. The Labute approximate surface area is 140 Å². The molecule has 122 valence electrons. The molecular formula is C18H19N5O. The van der Waals surface area contributed by atoms with E-state index in [0.717, 1.165) is 43.9 Å². The predicted octanol–water partition coefficient (Wildman–Crippen LogP) is 2.91. The van der Waals surface area contributed by atoms with Gasteiger partial charge < -0.3 is 4.42 Å². The smallest absolute Gasteiger partial charge is 0.249 e. The van der Waals surface area contributed by atoms with Crippen molar-refractivity contribution in [2.24, 2.45) is 0 Å². The van der Waals surface area contributed by atoms with Crippen molar-refractivity contribution in [2.75, 3.05) is 13.1 Å². The number of rotatable bonds is 4. The molecular weight excluding hydrogens is 302 g/mol. The molecule has 0 radical (unpaired) electrons.